The van der Waals surface area contributed by atoms with Gasteiger partial charge >= 0.3 is 0 Å². The van der Waals surface area contributed by atoms with Crippen molar-refractivity contribution >= 4 is 5.82 Å². The van der Waals surface area contributed by atoms with Gasteiger partial charge in [-0.2, -0.15) is 0 Å². The van der Waals surface area contributed by atoms with Crippen LogP contribution in [0.3, 0.4) is 0 Å². The summed E-state index contributed by atoms with van der Waals surface area (Å²) in [5.41, 5.74) is 6.30. The summed E-state index contributed by atoms with van der Waals surface area (Å²) >= 11 is 0. The molecule has 0 saturated heterocycles. The molecule has 0 atom stereocenters. The third-order valence-corrected chi connectivity index (χ3v) is 6.31. The molecule has 0 saturated carbocycles. The first-order chi connectivity index (χ1) is 16.6. The summed E-state index contributed by atoms with van der Waals surface area (Å²) in [4.78, 5) is 11.6. The van der Waals surface area contributed by atoms with Gasteiger partial charge in [0.2, 0.25) is 5.62 Å². The maximum absolute atomic E-state index is 11.6. The van der Waals surface area contributed by atoms with E-state index < -0.39 is 0 Å². The van der Waals surface area contributed by atoms with Crippen LogP contribution in [0, 0.1) is 10.1 Å². The molecule has 0 aliphatic heterocycles. The van der Waals surface area contributed by atoms with Gasteiger partial charge in [0.05, 0.1) is 22.9 Å². The Hall–Kier alpha value is -3.55. The molecular formula is C27H35N6O2-. The zero-order valence-corrected chi connectivity index (χ0v) is 21.9. The topological polar surface area (TPSA) is 99.4 Å². The van der Waals surface area contributed by atoms with Crippen molar-refractivity contribution in [3.8, 4) is 11.4 Å². The van der Waals surface area contributed by atoms with Gasteiger partial charge < -0.3 is 5.21 Å². The normalized spacial score (nSPS) is 12.7. The highest BCUT2D eigenvalue weighted by Gasteiger charge is 2.24. The third-order valence-electron chi connectivity index (χ3n) is 6.31. The van der Waals surface area contributed by atoms with E-state index in [1.54, 1.807) is 10.8 Å². The SMILES string of the molecule is CC(C)c1cccc(C(C)C)c1-n1cc(/N=N\[O-])n(-c2c(C(C)C)cccc2C(C)C)/c1=N/N=O. The number of benzene rings is 2. The number of aromatic nitrogens is 2. The van der Waals surface area contributed by atoms with E-state index >= 15 is 0 Å². The van der Waals surface area contributed by atoms with Gasteiger partial charge in [0.1, 0.15) is 0 Å². The maximum atomic E-state index is 11.6. The summed E-state index contributed by atoms with van der Waals surface area (Å²) in [6, 6.07) is 12.3. The average molecular weight is 476 g/mol. The molecular weight excluding hydrogens is 440 g/mol. The fraction of sp³-hybridized carbons (Fsp3) is 0.444. The number of nitroso groups, excluding NO2 is 1. The van der Waals surface area contributed by atoms with Crippen molar-refractivity contribution in [2.24, 2.45) is 20.8 Å². The van der Waals surface area contributed by atoms with Crippen LogP contribution in [0.15, 0.2) is 63.4 Å². The predicted molar refractivity (Wildman–Crippen MR) is 141 cm³/mol. The van der Waals surface area contributed by atoms with Crippen molar-refractivity contribution in [2.45, 2.75) is 79.1 Å². The zero-order chi connectivity index (χ0) is 25.9. The Kier molecular flexibility index (Phi) is 8.04. The number of hydrogen-bond acceptors (Lipinski definition) is 5. The van der Waals surface area contributed by atoms with E-state index in [4.69, 9.17) is 0 Å². The highest BCUT2D eigenvalue weighted by molar-refractivity contribution is 5.57. The van der Waals surface area contributed by atoms with Crippen LogP contribution in [-0.4, -0.2) is 9.13 Å². The molecule has 0 unspecified atom stereocenters. The number of para-hydroxylation sites is 2. The van der Waals surface area contributed by atoms with Gasteiger partial charge in [-0.05, 0) is 45.9 Å². The van der Waals surface area contributed by atoms with E-state index in [2.05, 4.69) is 88.3 Å². The van der Waals surface area contributed by atoms with Gasteiger partial charge in [0.15, 0.2) is 5.82 Å². The minimum Gasteiger partial charge on any atom is -0.775 e. The van der Waals surface area contributed by atoms with Crippen LogP contribution in [0.2, 0.25) is 0 Å². The minimum atomic E-state index is 0.169. The molecule has 0 aliphatic rings. The molecule has 8 heteroatoms. The highest BCUT2D eigenvalue weighted by Crippen LogP contribution is 2.35. The summed E-state index contributed by atoms with van der Waals surface area (Å²) in [5, 5.41) is 25.2. The Labute approximate surface area is 207 Å². The van der Waals surface area contributed by atoms with Crippen molar-refractivity contribution < 1.29 is 0 Å². The van der Waals surface area contributed by atoms with E-state index in [9.17, 15) is 10.1 Å². The van der Waals surface area contributed by atoms with Gasteiger partial charge in [-0.3, -0.25) is 9.13 Å². The van der Waals surface area contributed by atoms with Crippen molar-refractivity contribution in [3.63, 3.8) is 0 Å². The fourth-order valence-electron chi connectivity index (χ4n) is 4.62. The minimum absolute atomic E-state index is 0.169. The summed E-state index contributed by atoms with van der Waals surface area (Å²) in [5.74, 6) is 1.03. The van der Waals surface area contributed by atoms with Crippen molar-refractivity contribution in [1.29, 1.82) is 0 Å². The van der Waals surface area contributed by atoms with Gasteiger partial charge in [0.25, 0.3) is 0 Å². The lowest BCUT2D eigenvalue weighted by Gasteiger charge is -2.22. The largest absolute Gasteiger partial charge is 0.775 e. The van der Waals surface area contributed by atoms with Crippen LogP contribution in [0.4, 0.5) is 5.82 Å². The summed E-state index contributed by atoms with van der Waals surface area (Å²) < 4.78 is 3.58. The lowest BCUT2D eigenvalue weighted by atomic mass is 9.92. The van der Waals surface area contributed by atoms with Crippen LogP contribution < -0.4 is 5.62 Å². The first kappa shape index (κ1) is 26.1. The zero-order valence-electron chi connectivity index (χ0n) is 21.9. The van der Waals surface area contributed by atoms with Crippen molar-refractivity contribution in [1.82, 2.24) is 9.13 Å². The second kappa shape index (κ2) is 10.8. The molecule has 3 rings (SSSR count). The molecule has 0 amide bonds. The lowest BCUT2D eigenvalue weighted by molar-refractivity contribution is 0.751. The summed E-state index contributed by atoms with van der Waals surface area (Å²) in [7, 11) is 0. The number of imidazole rings is 1. The quantitative estimate of drug-likeness (QED) is 0.188. The van der Waals surface area contributed by atoms with Gasteiger partial charge in [-0.1, -0.05) is 96.9 Å². The van der Waals surface area contributed by atoms with Crippen LogP contribution in [0.5, 0.6) is 0 Å². The van der Waals surface area contributed by atoms with Crippen molar-refractivity contribution in [3.05, 3.63) is 80.6 Å². The Bertz CT molecular complexity index is 1240. The highest BCUT2D eigenvalue weighted by atomic mass is 16.5. The number of rotatable bonds is 8. The molecule has 0 N–H and O–H groups in total. The lowest BCUT2D eigenvalue weighted by Crippen LogP contribution is -2.27. The third kappa shape index (κ3) is 4.97. The van der Waals surface area contributed by atoms with Crippen LogP contribution in [-0.2, 0) is 0 Å². The predicted octanol–water partition coefficient (Wildman–Crippen LogP) is 7.93. The Morgan fingerprint density at radius 1 is 0.714 bits per heavy atom. The molecule has 0 radical (unpaired) electrons. The number of hydrogen-bond donors (Lipinski definition) is 0. The van der Waals surface area contributed by atoms with E-state index in [1.165, 1.54) is 0 Å². The van der Waals surface area contributed by atoms with E-state index in [0.29, 0.717) is 0 Å². The second-order valence-corrected chi connectivity index (χ2v) is 10.0. The van der Waals surface area contributed by atoms with Crippen LogP contribution in [0.1, 0.15) is 101 Å². The second-order valence-electron chi connectivity index (χ2n) is 10.0. The standard InChI is InChI=1S/C27H36N6O2/c1-16(2)20-11-9-12-21(17(3)4)25(20)32-15-24(28-30-34)33(27(32)29-31-35)26-22(18(5)6)13-10-14-23(26)19(7)8/h9-19H,1-8H3,(H,28,34)/p-1/b29-27+. The van der Waals surface area contributed by atoms with Gasteiger partial charge in [-0.25, -0.2) is 5.28 Å². The van der Waals surface area contributed by atoms with E-state index in [1.807, 2.05) is 28.8 Å². The molecule has 0 fully saturated rings. The molecule has 0 bridgehead atoms. The van der Waals surface area contributed by atoms with E-state index in [-0.39, 0.29) is 35.1 Å². The monoisotopic (exact) mass is 475 g/mol. The van der Waals surface area contributed by atoms with Gasteiger partial charge in [-0.15, -0.1) is 10.0 Å². The molecule has 3 aromatic rings. The van der Waals surface area contributed by atoms with E-state index in [0.717, 1.165) is 33.6 Å². The maximum Gasteiger partial charge on any atom is 0.244 e. The molecule has 1 aromatic heterocycles. The summed E-state index contributed by atoms with van der Waals surface area (Å²) in [6.45, 7) is 16.9. The summed E-state index contributed by atoms with van der Waals surface area (Å²) in [6.07, 6.45) is 1.72. The Morgan fingerprint density at radius 3 is 1.51 bits per heavy atom. The Morgan fingerprint density at radius 2 is 1.14 bits per heavy atom. The molecule has 8 nitrogen and oxygen atoms in total. The fourth-order valence-corrected chi connectivity index (χ4v) is 4.62. The molecule has 0 spiro atoms. The molecule has 1 heterocycles. The first-order valence-corrected chi connectivity index (χ1v) is 12.1. The van der Waals surface area contributed by atoms with Crippen LogP contribution >= 0.6 is 0 Å². The average Bonchev–Trinajstić information content (AvgIpc) is 3.15. The smallest absolute Gasteiger partial charge is 0.244 e. The first-order valence-electron chi connectivity index (χ1n) is 12.1. The molecule has 35 heavy (non-hydrogen) atoms. The van der Waals surface area contributed by atoms with Crippen LogP contribution in [0.25, 0.3) is 11.4 Å². The molecule has 0 aliphatic carbocycles. The number of nitrogens with zero attached hydrogens (tertiary/aromatic N) is 6. The molecule has 2 aromatic carbocycles. The van der Waals surface area contributed by atoms with Crippen molar-refractivity contribution in [2.75, 3.05) is 0 Å². The molecule has 186 valence electrons. The Balaban J connectivity index is 2.61. The van der Waals surface area contributed by atoms with Gasteiger partial charge in [0, 0.05) is 0 Å².